The smallest absolute Gasteiger partial charge is 0.224 e. The van der Waals surface area contributed by atoms with Crippen molar-refractivity contribution >= 4 is 0 Å². The zero-order valence-electron chi connectivity index (χ0n) is 9.70. The van der Waals surface area contributed by atoms with Crippen molar-refractivity contribution in [2.75, 3.05) is 13.7 Å². The first-order valence-corrected chi connectivity index (χ1v) is 5.78. The Kier molecular flexibility index (Phi) is 3.14. The van der Waals surface area contributed by atoms with Gasteiger partial charge in [0.15, 0.2) is 0 Å². The molecule has 0 aliphatic heterocycles. The molecule has 2 heteroatoms. The van der Waals surface area contributed by atoms with E-state index in [9.17, 15) is 0 Å². The standard InChI is InChI=1S/C14H17NO/c1-15-11-14(9-3-4-10-14)12-5-7-13(16-2)8-6-12/h5-8H,3-4,9-11H2,2H3. The SMILES string of the molecule is [C-]#[N+]CC1(c2ccc(OC)cc2)CCCC1. The molecule has 1 aliphatic rings. The molecule has 0 amide bonds. The first kappa shape index (κ1) is 11.0. The number of benzene rings is 1. The Labute approximate surface area is 97.1 Å². The van der Waals surface area contributed by atoms with Crippen molar-refractivity contribution in [2.45, 2.75) is 31.1 Å². The molecule has 0 atom stereocenters. The lowest BCUT2D eigenvalue weighted by Gasteiger charge is -2.23. The van der Waals surface area contributed by atoms with Gasteiger partial charge in [0.1, 0.15) is 5.75 Å². The van der Waals surface area contributed by atoms with E-state index in [1.807, 2.05) is 12.1 Å². The van der Waals surface area contributed by atoms with Crippen molar-refractivity contribution in [3.05, 3.63) is 41.2 Å². The van der Waals surface area contributed by atoms with Crippen molar-refractivity contribution in [1.82, 2.24) is 0 Å². The highest BCUT2D eigenvalue weighted by Gasteiger charge is 2.38. The normalized spacial score (nSPS) is 18.0. The molecule has 1 saturated carbocycles. The van der Waals surface area contributed by atoms with Crippen LogP contribution in [0.2, 0.25) is 0 Å². The van der Waals surface area contributed by atoms with Crippen LogP contribution in [0.15, 0.2) is 24.3 Å². The van der Waals surface area contributed by atoms with Crippen molar-refractivity contribution in [1.29, 1.82) is 0 Å². The highest BCUT2D eigenvalue weighted by Crippen LogP contribution is 2.41. The summed E-state index contributed by atoms with van der Waals surface area (Å²) in [6.45, 7) is 7.75. The summed E-state index contributed by atoms with van der Waals surface area (Å²) in [5.74, 6) is 0.889. The van der Waals surface area contributed by atoms with Crippen LogP contribution in [0.1, 0.15) is 31.2 Å². The van der Waals surface area contributed by atoms with E-state index >= 15 is 0 Å². The first-order chi connectivity index (χ1) is 7.80. The quantitative estimate of drug-likeness (QED) is 0.704. The lowest BCUT2D eigenvalue weighted by atomic mass is 9.79. The number of nitrogens with zero attached hydrogens (tertiary/aromatic N) is 1. The number of methoxy groups -OCH3 is 1. The van der Waals surface area contributed by atoms with Crippen LogP contribution in [0, 0.1) is 6.57 Å². The van der Waals surface area contributed by atoms with Gasteiger partial charge in [0.25, 0.3) is 0 Å². The van der Waals surface area contributed by atoms with E-state index in [1.54, 1.807) is 7.11 Å². The van der Waals surface area contributed by atoms with Gasteiger partial charge in [0, 0.05) is 0 Å². The van der Waals surface area contributed by atoms with Crippen molar-refractivity contribution in [3.63, 3.8) is 0 Å². The molecule has 0 N–H and O–H groups in total. The third-order valence-electron chi connectivity index (χ3n) is 3.64. The Bertz CT molecular complexity index is 382. The van der Waals surface area contributed by atoms with Crippen LogP contribution in [0.5, 0.6) is 5.75 Å². The average molecular weight is 215 g/mol. The minimum atomic E-state index is 0.119. The minimum Gasteiger partial charge on any atom is -0.497 e. The van der Waals surface area contributed by atoms with Crippen LogP contribution in [0.3, 0.4) is 0 Å². The number of hydrogen-bond acceptors (Lipinski definition) is 1. The van der Waals surface area contributed by atoms with Gasteiger partial charge in [-0.15, -0.1) is 0 Å². The molecule has 0 unspecified atom stereocenters. The van der Waals surface area contributed by atoms with E-state index in [4.69, 9.17) is 11.3 Å². The number of hydrogen-bond donors (Lipinski definition) is 0. The molecule has 0 spiro atoms. The molecule has 2 rings (SSSR count). The zero-order valence-corrected chi connectivity index (χ0v) is 9.70. The first-order valence-electron chi connectivity index (χ1n) is 5.78. The highest BCUT2D eigenvalue weighted by molar-refractivity contribution is 5.34. The third-order valence-corrected chi connectivity index (χ3v) is 3.64. The second-order valence-corrected chi connectivity index (χ2v) is 4.53. The summed E-state index contributed by atoms with van der Waals surface area (Å²) in [6.07, 6.45) is 4.81. The number of rotatable bonds is 3. The van der Waals surface area contributed by atoms with Crippen LogP contribution in [-0.4, -0.2) is 13.7 Å². The maximum absolute atomic E-state index is 7.12. The lowest BCUT2D eigenvalue weighted by Crippen LogP contribution is -2.25. The highest BCUT2D eigenvalue weighted by atomic mass is 16.5. The van der Waals surface area contributed by atoms with Gasteiger partial charge in [-0.1, -0.05) is 25.0 Å². The van der Waals surface area contributed by atoms with Gasteiger partial charge in [0.05, 0.1) is 12.5 Å². The van der Waals surface area contributed by atoms with Gasteiger partial charge in [-0.3, -0.25) is 0 Å². The Balaban J connectivity index is 2.29. The maximum Gasteiger partial charge on any atom is 0.224 e. The summed E-state index contributed by atoms with van der Waals surface area (Å²) in [5, 5.41) is 0. The third kappa shape index (κ3) is 1.90. The van der Waals surface area contributed by atoms with Gasteiger partial charge < -0.3 is 9.58 Å². The lowest BCUT2D eigenvalue weighted by molar-refractivity contribution is 0.413. The molecule has 1 aromatic rings. The van der Waals surface area contributed by atoms with Gasteiger partial charge in [0.2, 0.25) is 6.54 Å². The van der Waals surface area contributed by atoms with Crippen LogP contribution in [0.4, 0.5) is 0 Å². The molecule has 1 aliphatic carbocycles. The molecule has 2 nitrogen and oxygen atoms in total. The number of ether oxygens (including phenoxy) is 1. The monoisotopic (exact) mass is 215 g/mol. The Morgan fingerprint density at radius 2 is 1.88 bits per heavy atom. The average Bonchev–Trinajstić information content (AvgIpc) is 2.80. The summed E-state index contributed by atoms with van der Waals surface area (Å²) in [7, 11) is 1.68. The molecule has 0 bridgehead atoms. The van der Waals surface area contributed by atoms with Crippen molar-refractivity contribution in [3.8, 4) is 5.75 Å². The van der Waals surface area contributed by atoms with Gasteiger partial charge in [-0.25, -0.2) is 6.57 Å². The topological polar surface area (TPSA) is 13.6 Å². The minimum absolute atomic E-state index is 0.119. The van der Waals surface area contributed by atoms with Crippen LogP contribution in [-0.2, 0) is 5.41 Å². The molecular weight excluding hydrogens is 198 g/mol. The van der Waals surface area contributed by atoms with Crippen LogP contribution in [0.25, 0.3) is 4.85 Å². The summed E-state index contributed by atoms with van der Waals surface area (Å²) < 4.78 is 5.16. The predicted octanol–water partition coefficient (Wildman–Crippen LogP) is 3.43. The second-order valence-electron chi connectivity index (χ2n) is 4.53. The molecule has 0 saturated heterocycles. The van der Waals surface area contributed by atoms with E-state index in [-0.39, 0.29) is 5.41 Å². The fraction of sp³-hybridized carbons (Fsp3) is 0.500. The van der Waals surface area contributed by atoms with Gasteiger partial charge in [-0.2, -0.15) is 0 Å². The Hall–Kier alpha value is -1.49. The van der Waals surface area contributed by atoms with E-state index in [1.165, 1.54) is 18.4 Å². The largest absolute Gasteiger partial charge is 0.497 e. The second kappa shape index (κ2) is 4.57. The van der Waals surface area contributed by atoms with E-state index < -0.39 is 0 Å². The van der Waals surface area contributed by atoms with Crippen molar-refractivity contribution in [2.24, 2.45) is 0 Å². The van der Waals surface area contributed by atoms with E-state index in [0.29, 0.717) is 6.54 Å². The fourth-order valence-corrected chi connectivity index (χ4v) is 2.69. The van der Waals surface area contributed by atoms with Crippen LogP contribution < -0.4 is 4.74 Å². The molecule has 0 heterocycles. The Morgan fingerprint density at radius 3 is 2.38 bits per heavy atom. The molecular formula is C14H17NO. The van der Waals surface area contributed by atoms with Gasteiger partial charge >= 0.3 is 0 Å². The molecule has 16 heavy (non-hydrogen) atoms. The van der Waals surface area contributed by atoms with E-state index in [2.05, 4.69) is 17.0 Å². The zero-order chi connectivity index (χ0) is 11.4. The predicted molar refractivity (Wildman–Crippen MR) is 64.6 cm³/mol. The van der Waals surface area contributed by atoms with E-state index in [0.717, 1.165) is 18.6 Å². The summed E-state index contributed by atoms with van der Waals surface area (Å²) in [5.41, 5.74) is 1.43. The molecule has 0 aromatic heterocycles. The summed E-state index contributed by atoms with van der Waals surface area (Å²) in [6, 6.07) is 8.24. The molecule has 1 aromatic carbocycles. The van der Waals surface area contributed by atoms with Crippen molar-refractivity contribution < 1.29 is 4.74 Å². The summed E-state index contributed by atoms with van der Waals surface area (Å²) in [4.78, 5) is 3.63. The van der Waals surface area contributed by atoms with Gasteiger partial charge in [-0.05, 0) is 30.5 Å². The van der Waals surface area contributed by atoms with Crippen LogP contribution >= 0.6 is 0 Å². The maximum atomic E-state index is 7.12. The Morgan fingerprint density at radius 1 is 1.25 bits per heavy atom. The molecule has 0 radical (unpaired) electrons. The fourth-order valence-electron chi connectivity index (χ4n) is 2.69. The summed E-state index contributed by atoms with van der Waals surface area (Å²) >= 11 is 0. The molecule has 84 valence electrons. The molecule has 1 fully saturated rings.